The summed E-state index contributed by atoms with van der Waals surface area (Å²) in [6, 6.07) is 10.8. The fourth-order valence-corrected chi connectivity index (χ4v) is 2.73. The van der Waals surface area contributed by atoms with E-state index in [9.17, 15) is 9.59 Å². The summed E-state index contributed by atoms with van der Waals surface area (Å²) in [6.45, 7) is 7.32. The first kappa shape index (κ1) is 17.6. The van der Waals surface area contributed by atoms with Crippen LogP contribution in [0.3, 0.4) is 0 Å². The number of hydrogen-bond donors (Lipinski definition) is 1. The minimum atomic E-state index is -0.301. The summed E-state index contributed by atoms with van der Waals surface area (Å²) in [5.74, 6) is 0.0315. The molecule has 0 saturated heterocycles. The third-order valence-corrected chi connectivity index (χ3v) is 3.95. The van der Waals surface area contributed by atoms with Gasteiger partial charge in [0.2, 0.25) is 11.9 Å². The topological polar surface area (TPSA) is 81.8 Å². The predicted octanol–water partition coefficient (Wildman–Crippen LogP) is 2.30. The number of carbonyl (C=O) groups excluding carboxylic acids is 1. The monoisotopic (exact) mass is 351 g/mol. The molecule has 0 atom stereocenters. The van der Waals surface area contributed by atoms with E-state index in [-0.39, 0.29) is 18.0 Å². The molecule has 134 valence electrons. The fraction of sp³-hybridized carbons (Fsp3) is 0.263. The third-order valence-electron chi connectivity index (χ3n) is 3.95. The molecular weight excluding hydrogens is 330 g/mol. The molecule has 3 rings (SSSR count). The molecular formula is C19H21N5O2. The summed E-state index contributed by atoms with van der Waals surface area (Å²) in [5.41, 5.74) is 3.73. The molecule has 0 unspecified atom stereocenters. The second-order valence-corrected chi connectivity index (χ2v) is 6.38. The van der Waals surface area contributed by atoms with Crippen LogP contribution in [0.25, 0.3) is 5.95 Å². The van der Waals surface area contributed by atoms with Gasteiger partial charge < -0.3 is 5.32 Å². The number of nitrogens with one attached hydrogen (secondary N) is 1. The summed E-state index contributed by atoms with van der Waals surface area (Å²) >= 11 is 0. The lowest BCUT2D eigenvalue weighted by molar-refractivity contribution is -0.116. The lowest BCUT2D eigenvalue weighted by Crippen LogP contribution is -2.32. The van der Waals surface area contributed by atoms with E-state index in [4.69, 9.17) is 0 Å². The zero-order valence-electron chi connectivity index (χ0n) is 15.3. The molecule has 0 bridgehead atoms. The van der Waals surface area contributed by atoms with Crippen LogP contribution < -0.4 is 10.9 Å². The van der Waals surface area contributed by atoms with Crippen molar-refractivity contribution in [1.29, 1.82) is 0 Å². The molecule has 0 radical (unpaired) electrons. The lowest BCUT2D eigenvalue weighted by Gasteiger charge is -2.13. The van der Waals surface area contributed by atoms with E-state index in [1.165, 1.54) is 10.6 Å². The fourth-order valence-electron chi connectivity index (χ4n) is 2.73. The molecule has 1 amide bonds. The van der Waals surface area contributed by atoms with Gasteiger partial charge in [-0.25, -0.2) is 9.67 Å². The molecule has 26 heavy (non-hydrogen) atoms. The third kappa shape index (κ3) is 3.72. The van der Waals surface area contributed by atoms with Gasteiger partial charge in [-0.3, -0.25) is 14.2 Å². The summed E-state index contributed by atoms with van der Waals surface area (Å²) in [6.07, 6.45) is 0. The molecule has 0 aliphatic heterocycles. The molecule has 7 nitrogen and oxygen atoms in total. The number of carbonyl (C=O) groups is 1. The van der Waals surface area contributed by atoms with Crippen LogP contribution in [0.4, 0.5) is 5.69 Å². The highest BCUT2D eigenvalue weighted by molar-refractivity contribution is 5.90. The molecule has 1 aromatic carbocycles. The number of rotatable bonds is 4. The Morgan fingerprint density at radius 2 is 1.73 bits per heavy atom. The summed E-state index contributed by atoms with van der Waals surface area (Å²) < 4.78 is 2.92. The summed E-state index contributed by atoms with van der Waals surface area (Å²) in [5, 5.41) is 7.19. The number of benzene rings is 1. The smallest absolute Gasteiger partial charge is 0.255 e. The summed E-state index contributed by atoms with van der Waals surface area (Å²) in [4.78, 5) is 29.4. The zero-order chi connectivity index (χ0) is 18.8. The Balaban J connectivity index is 1.94. The SMILES string of the molecule is Cc1ccc(NC(=O)Cn2c(-n3nc(C)cc3C)nc(C)cc2=O)cc1. The van der Waals surface area contributed by atoms with Crippen LogP contribution in [0.2, 0.25) is 0 Å². The quantitative estimate of drug-likeness (QED) is 0.782. The van der Waals surface area contributed by atoms with Gasteiger partial charge >= 0.3 is 0 Å². The molecule has 7 heteroatoms. The van der Waals surface area contributed by atoms with Crippen LogP contribution in [-0.2, 0) is 11.3 Å². The molecule has 0 spiro atoms. The molecule has 2 aromatic heterocycles. The van der Waals surface area contributed by atoms with Crippen molar-refractivity contribution in [1.82, 2.24) is 19.3 Å². The highest BCUT2D eigenvalue weighted by atomic mass is 16.2. The van der Waals surface area contributed by atoms with Crippen LogP contribution in [0.5, 0.6) is 0 Å². The van der Waals surface area contributed by atoms with Gasteiger partial charge in [-0.15, -0.1) is 0 Å². The van der Waals surface area contributed by atoms with Crippen molar-refractivity contribution in [2.45, 2.75) is 34.2 Å². The first-order valence-corrected chi connectivity index (χ1v) is 8.32. The highest BCUT2D eigenvalue weighted by Crippen LogP contribution is 2.11. The molecule has 0 aliphatic rings. The van der Waals surface area contributed by atoms with Gasteiger partial charge in [0.1, 0.15) is 6.54 Å². The first-order valence-electron chi connectivity index (χ1n) is 8.32. The number of nitrogens with zero attached hydrogens (tertiary/aromatic N) is 4. The van der Waals surface area contributed by atoms with Crippen molar-refractivity contribution < 1.29 is 4.79 Å². The second kappa shape index (κ2) is 6.95. The van der Waals surface area contributed by atoms with Crippen molar-refractivity contribution in [3.8, 4) is 5.95 Å². The van der Waals surface area contributed by atoms with E-state index < -0.39 is 0 Å². The van der Waals surface area contributed by atoms with Crippen LogP contribution >= 0.6 is 0 Å². The van der Waals surface area contributed by atoms with E-state index >= 15 is 0 Å². The van der Waals surface area contributed by atoms with Gasteiger partial charge in [-0.1, -0.05) is 17.7 Å². The van der Waals surface area contributed by atoms with E-state index in [2.05, 4.69) is 15.4 Å². The Labute approximate surface area is 151 Å². The van der Waals surface area contributed by atoms with Crippen LogP contribution in [0, 0.1) is 27.7 Å². The maximum atomic E-state index is 12.5. The Kier molecular flexibility index (Phi) is 4.71. The van der Waals surface area contributed by atoms with Gasteiger partial charge in [0.25, 0.3) is 5.56 Å². The Bertz CT molecular complexity index is 1020. The Morgan fingerprint density at radius 3 is 2.35 bits per heavy atom. The number of amides is 1. The van der Waals surface area contributed by atoms with Crippen molar-refractivity contribution in [2.24, 2.45) is 0 Å². The second-order valence-electron chi connectivity index (χ2n) is 6.38. The number of aromatic nitrogens is 4. The van der Waals surface area contributed by atoms with Crippen LogP contribution in [0.1, 0.15) is 22.6 Å². The molecule has 2 heterocycles. The first-order chi connectivity index (χ1) is 12.3. The largest absolute Gasteiger partial charge is 0.325 e. The minimum absolute atomic E-state index is 0.145. The Hall–Kier alpha value is -3.22. The Morgan fingerprint density at radius 1 is 1.04 bits per heavy atom. The van der Waals surface area contributed by atoms with Gasteiger partial charge in [-0.2, -0.15) is 5.10 Å². The normalized spacial score (nSPS) is 10.8. The van der Waals surface area contributed by atoms with E-state index in [0.29, 0.717) is 17.3 Å². The minimum Gasteiger partial charge on any atom is -0.325 e. The summed E-state index contributed by atoms with van der Waals surface area (Å²) in [7, 11) is 0. The molecule has 0 fully saturated rings. The maximum absolute atomic E-state index is 12.5. The lowest BCUT2D eigenvalue weighted by atomic mass is 10.2. The number of anilines is 1. The van der Waals surface area contributed by atoms with Gasteiger partial charge in [0.05, 0.1) is 5.69 Å². The van der Waals surface area contributed by atoms with Crippen LogP contribution in [-0.4, -0.2) is 25.2 Å². The standard InChI is InChI=1S/C19H21N5O2/c1-12-5-7-16(8-6-12)21-17(25)11-23-18(26)10-13(2)20-19(23)24-15(4)9-14(3)22-24/h5-10H,11H2,1-4H3,(H,21,25). The number of hydrogen-bond acceptors (Lipinski definition) is 4. The van der Waals surface area contributed by atoms with E-state index in [0.717, 1.165) is 17.0 Å². The van der Waals surface area contributed by atoms with E-state index in [1.807, 2.05) is 51.1 Å². The van der Waals surface area contributed by atoms with Crippen molar-refractivity contribution >= 4 is 11.6 Å². The molecule has 0 aliphatic carbocycles. The molecule has 1 N–H and O–H groups in total. The number of aryl methyl sites for hydroxylation is 4. The maximum Gasteiger partial charge on any atom is 0.255 e. The van der Waals surface area contributed by atoms with Gasteiger partial charge in [0, 0.05) is 23.1 Å². The molecule has 3 aromatic rings. The van der Waals surface area contributed by atoms with Crippen molar-refractivity contribution in [3.63, 3.8) is 0 Å². The van der Waals surface area contributed by atoms with Gasteiger partial charge in [-0.05, 0) is 45.9 Å². The van der Waals surface area contributed by atoms with Crippen molar-refractivity contribution in [2.75, 3.05) is 5.32 Å². The van der Waals surface area contributed by atoms with Crippen LogP contribution in [0.15, 0.2) is 41.2 Å². The predicted molar refractivity (Wildman–Crippen MR) is 99.6 cm³/mol. The average Bonchev–Trinajstić information content (AvgIpc) is 2.90. The zero-order valence-corrected chi connectivity index (χ0v) is 15.3. The average molecular weight is 351 g/mol. The van der Waals surface area contributed by atoms with E-state index in [1.54, 1.807) is 11.6 Å². The van der Waals surface area contributed by atoms with Crippen molar-refractivity contribution in [3.05, 3.63) is 69.4 Å². The highest BCUT2D eigenvalue weighted by Gasteiger charge is 2.15. The van der Waals surface area contributed by atoms with Gasteiger partial charge in [0.15, 0.2) is 0 Å². The molecule has 0 saturated carbocycles.